The van der Waals surface area contributed by atoms with Crippen LogP contribution >= 0.6 is 22.6 Å². The van der Waals surface area contributed by atoms with Crippen molar-refractivity contribution in [3.8, 4) is 0 Å². The standard InChI is InChI=1S/C8H14INO/c1-4-10(5-2)8(11)7(3)6-9/h6H,4-5H2,1-3H3/b7-6-. The van der Waals surface area contributed by atoms with Gasteiger partial charge in [-0.3, -0.25) is 4.79 Å². The average molecular weight is 267 g/mol. The molecule has 0 saturated carbocycles. The summed E-state index contributed by atoms with van der Waals surface area (Å²) < 4.78 is 1.82. The fourth-order valence-electron chi connectivity index (χ4n) is 0.807. The molecule has 0 aliphatic rings. The van der Waals surface area contributed by atoms with Gasteiger partial charge in [0.05, 0.1) is 0 Å². The Morgan fingerprint density at radius 2 is 1.91 bits per heavy atom. The van der Waals surface area contributed by atoms with E-state index < -0.39 is 0 Å². The molecule has 0 unspecified atom stereocenters. The summed E-state index contributed by atoms with van der Waals surface area (Å²) in [5.74, 6) is 0.143. The Kier molecular flexibility index (Phi) is 5.54. The molecule has 0 bridgehead atoms. The van der Waals surface area contributed by atoms with Crippen molar-refractivity contribution >= 4 is 28.5 Å². The highest BCUT2D eigenvalue weighted by Crippen LogP contribution is 2.03. The molecule has 0 saturated heterocycles. The average Bonchev–Trinajstić information content (AvgIpc) is 2.05. The van der Waals surface area contributed by atoms with Gasteiger partial charge >= 0.3 is 0 Å². The Hall–Kier alpha value is -0.0600. The number of hydrogen-bond donors (Lipinski definition) is 0. The van der Waals surface area contributed by atoms with Gasteiger partial charge in [-0.25, -0.2) is 0 Å². The number of likely N-dealkylation sites (N-methyl/N-ethyl adjacent to an activating group) is 1. The van der Waals surface area contributed by atoms with Crippen LogP contribution < -0.4 is 0 Å². The van der Waals surface area contributed by atoms with E-state index in [0.29, 0.717) is 0 Å². The third-order valence-electron chi connectivity index (χ3n) is 1.55. The number of carbonyl (C=O) groups excluding carboxylic acids is 1. The smallest absolute Gasteiger partial charge is 0.249 e. The first-order chi connectivity index (χ1) is 5.17. The third kappa shape index (κ3) is 3.22. The predicted molar refractivity (Wildman–Crippen MR) is 55.7 cm³/mol. The number of nitrogens with zero attached hydrogens (tertiary/aromatic N) is 1. The SMILES string of the molecule is CCN(CC)C(=O)/C(C)=C\I. The molecule has 0 heterocycles. The Morgan fingerprint density at radius 3 is 2.18 bits per heavy atom. The number of halogens is 1. The Morgan fingerprint density at radius 1 is 1.45 bits per heavy atom. The number of rotatable bonds is 3. The van der Waals surface area contributed by atoms with Gasteiger partial charge in [-0.05, 0) is 24.9 Å². The van der Waals surface area contributed by atoms with Crippen LogP contribution in [0.15, 0.2) is 9.66 Å². The molecule has 11 heavy (non-hydrogen) atoms. The van der Waals surface area contributed by atoms with Crippen molar-refractivity contribution in [1.29, 1.82) is 0 Å². The van der Waals surface area contributed by atoms with Crippen molar-refractivity contribution in [2.24, 2.45) is 0 Å². The summed E-state index contributed by atoms with van der Waals surface area (Å²) in [5, 5.41) is 0. The fraction of sp³-hybridized carbons (Fsp3) is 0.625. The maximum absolute atomic E-state index is 11.4. The highest BCUT2D eigenvalue weighted by molar-refractivity contribution is 14.1. The first-order valence-electron chi connectivity index (χ1n) is 3.73. The van der Waals surface area contributed by atoms with Gasteiger partial charge < -0.3 is 4.90 Å². The maximum Gasteiger partial charge on any atom is 0.249 e. The maximum atomic E-state index is 11.4. The molecule has 2 nitrogen and oxygen atoms in total. The van der Waals surface area contributed by atoms with Gasteiger partial charge in [-0.2, -0.15) is 0 Å². The molecule has 0 rings (SSSR count). The molecule has 1 amide bonds. The lowest BCUT2D eigenvalue weighted by molar-refractivity contribution is -0.126. The molecule has 3 heteroatoms. The van der Waals surface area contributed by atoms with Crippen LogP contribution in [0.4, 0.5) is 0 Å². The molecule has 0 aromatic rings. The van der Waals surface area contributed by atoms with Gasteiger partial charge in [0.25, 0.3) is 0 Å². The van der Waals surface area contributed by atoms with E-state index in [4.69, 9.17) is 0 Å². The van der Waals surface area contributed by atoms with Gasteiger partial charge in [-0.1, -0.05) is 22.6 Å². The molecule has 0 radical (unpaired) electrons. The highest BCUT2D eigenvalue weighted by atomic mass is 127. The Labute approximate surface area is 81.8 Å². The summed E-state index contributed by atoms with van der Waals surface area (Å²) >= 11 is 2.09. The van der Waals surface area contributed by atoms with Crippen LogP contribution in [0.2, 0.25) is 0 Å². The molecular formula is C8H14INO. The topological polar surface area (TPSA) is 20.3 Å². The number of hydrogen-bond acceptors (Lipinski definition) is 1. The van der Waals surface area contributed by atoms with E-state index >= 15 is 0 Å². The molecule has 0 fully saturated rings. The van der Waals surface area contributed by atoms with E-state index in [1.807, 2.05) is 29.8 Å². The van der Waals surface area contributed by atoms with Crippen LogP contribution in [-0.2, 0) is 4.79 Å². The lowest BCUT2D eigenvalue weighted by Crippen LogP contribution is -2.30. The van der Waals surface area contributed by atoms with Crippen molar-refractivity contribution in [3.63, 3.8) is 0 Å². The van der Waals surface area contributed by atoms with Crippen molar-refractivity contribution in [1.82, 2.24) is 4.90 Å². The summed E-state index contributed by atoms with van der Waals surface area (Å²) in [6.45, 7) is 7.39. The molecule has 64 valence electrons. The van der Waals surface area contributed by atoms with Crippen molar-refractivity contribution < 1.29 is 4.79 Å². The van der Waals surface area contributed by atoms with Gasteiger partial charge in [0.1, 0.15) is 0 Å². The molecule has 0 aromatic carbocycles. The first kappa shape index (κ1) is 10.9. The second-order valence-electron chi connectivity index (χ2n) is 2.27. The van der Waals surface area contributed by atoms with E-state index in [0.717, 1.165) is 18.7 Å². The van der Waals surface area contributed by atoms with Crippen molar-refractivity contribution in [3.05, 3.63) is 9.66 Å². The number of carbonyl (C=O) groups is 1. The van der Waals surface area contributed by atoms with E-state index in [-0.39, 0.29) is 5.91 Å². The highest BCUT2D eigenvalue weighted by Gasteiger charge is 2.09. The molecule has 0 spiro atoms. The predicted octanol–water partition coefficient (Wildman–Crippen LogP) is 2.19. The van der Waals surface area contributed by atoms with E-state index in [9.17, 15) is 4.79 Å². The quantitative estimate of drug-likeness (QED) is 0.567. The zero-order valence-electron chi connectivity index (χ0n) is 7.22. The normalized spacial score (nSPS) is 11.5. The van der Waals surface area contributed by atoms with Crippen LogP contribution in [0, 0.1) is 0 Å². The zero-order valence-corrected chi connectivity index (χ0v) is 9.38. The lowest BCUT2D eigenvalue weighted by Gasteiger charge is -2.18. The number of amides is 1. The second-order valence-corrected chi connectivity index (χ2v) is 2.89. The van der Waals surface area contributed by atoms with E-state index in [1.54, 1.807) is 0 Å². The Bertz CT molecular complexity index is 161. The summed E-state index contributed by atoms with van der Waals surface area (Å²) in [6.07, 6.45) is 0. The summed E-state index contributed by atoms with van der Waals surface area (Å²) in [4.78, 5) is 13.2. The molecule has 0 aliphatic carbocycles. The van der Waals surface area contributed by atoms with Crippen LogP contribution in [0.25, 0.3) is 0 Å². The van der Waals surface area contributed by atoms with Crippen LogP contribution in [0.1, 0.15) is 20.8 Å². The van der Waals surface area contributed by atoms with Gasteiger partial charge in [0.15, 0.2) is 0 Å². The van der Waals surface area contributed by atoms with Gasteiger partial charge in [0.2, 0.25) is 5.91 Å². The minimum absolute atomic E-state index is 0.143. The summed E-state index contributed by atoms with van der Waals surface area (Å²) in [6, 6.07) is 0. The fourth-order valence-corrected chi connectivity index (χ4v) is 1.07. The summed E-state index contributed by atoms with van der Waals surface area (Å²) in [7, 11) is 0. The lowest BCUT2D eigenvalue weighted by atomic mass is 10.3. The minimum Gasteiger partial charge on any atom is -0.339 e. The van der Waals surface area contributed by atoms with Crippen LogP contribution in [0.3, 0.4) is 0 Å². The van der Waals surface area contributed by atoms with Crippen molar-refractivity contribution in [2.45, 2.75) is 20.8 Å². The minimum atomic E-state index is 0.143. The third-order valence-corrected chi connectivity index (χ3v) is 2.49. The molecule has 0 N–H and O–H groups in total. The largest absolute Gasteiger partial charge is 0.339 e. The molecule has 0 aromatic heterocycles. The zero-order chi connectivity index (χ0) is 8.85. The molecule has 0 aliphatic heterocycles. The van der Waals surface area contributed by atoms with Crippen LogP contribution in [-0.4, -0.2) is 23.9 Å². The monoisotopic (exact) mass is 267 g/mol. The summed E-state index contributed by atoms with van der Waals surface area (Å²) in [5.41, 5.74) is 0.814. The van der Waals surface area contributed by atoms with Crippen molar-refractivity contribution in [2.75, 3.05) is 13.1 Å². The molecule has 0 atom stereocenters. The Balaban J connectivity index is 4.21. The first-order valence-corrected chi connectivity index (χ1v) is 4.98. The second kappa shape index (κ2) is 5.57. The van der Waals surface area contributed by atoms with E-state index in [1.165, 1.54) is 0 Å². The van der Waals surface area contributed by atoms with E-state index in [2.05, 4.69) is 22.6 Å². The van der Waals surface area contributed by atoms with Crippen LogP contribution in [0.5, 0.6) is 0 Å². The van der Waals surface area contributed by atoms with Gasteiger partial charge in [-0.15, -0.1) is 0 Å². The van der Waals surface area contributed by atoms with Gasteiger partial charge in [0, 0.05) is 18.7 Å². The molecular weight excluding hydrogens is 253 g/mol.